The highest BCUT2D eigenvalue weighted by Crippen LogP contribution is 2.36. The first-order valence-electron chi connectivity index (χ1n) is 9.45. The summed E-state index contributed by atoms with van der Waals surface area (Å²) in [6.07, 6.45) is 0. The molecule has 28 heavy (non-hydrogen) atoms. The number of imidazole rings is 1. The largest absolute Gasteiger partial charge is 0.494 e. The Morgan fingerprint density at radius 3 is 2.79 bits per heavy atom. The van der Waals surface area contributed by atoms with Crippen LogP contribution in [0.3, 0.4) is 0 Å². The molecule has 0 radical (unpaired) electrons. The predicted molar refractivity (Wildman–Crippen MR) is 110 cm³/mol. The molecule has 146 valence electrons. The average Bonchev–Trinajstić information content (AvgIpc) is 3.15. The molecule has 2 aromatic carbocycles. The Labute approximate surface area is 168 Å². The van der Waals surface area contributed by atoms with Crippen LogP contribution in [-0.4, -0.2) is 53.7 Å². The van der Waals surface area contributed by atoms with Crippen LogP contribution in [0.25, 0.3) is 11.0 Å². The number of H-pyrrole nitrogens is 1. The first-order chi connectivity index (χ1) is 13.7. The first kappa shape index (κ1) is 18.8. The number of aromatic amines is 1. The summed E-state index contributed by atoms with van der Waals surface area (Å²) in [7, 11) is 0. The van der Waals surface area contributed by atoms with E-state index in [4.69, 9.17) is 9.47 Å². The van der Waals surface area contributed by atoms with Gasteiger partial charge in [-0.25, -0.2) is 4.98 Å². The van der Waals surface area contributed by atoms with Gasteiger partial charge in [0.1, 0.15) is 11.0 Å². The van der Waals surface area contributed by atoms with E-state index >= 15 is 0 Å². The zero-order chi connectivity index (χ0) is 19.3. The minimum atomic E-state index is -0.355. The number of carbonyl (C=O) groups excluding carboxylic acids is 1. The van der Waals surface area contributed by atoms with Crippen molar-refractivity contribution in [1.29, 1.82) is 0 Å². The molecule has 0 bridgehead atoms. The topological polar surface area (TPSA) is 67.4 Å². The molecule has 1 saturated heterocycles. The monoisotopic (exact) mass is 397 g/mol. The van der Waals surface area contributed by atoms with Crippen LogP contribution < -0.4 is 4.74 Å². The van der Waals surface area contributed by atoms with E-state index < -0.39 is 0 Å². The summed E-state index contributed by atoms with van der Waals surface area (Å²) < 4.78 is 11.0. The number of nitrogens with zero attached hydrogens (tertiary/aromatic N) is 2. The summed E-state index contributed by atoms with van der Waals surface area (Å²) in [6, 6.07) is 15.7. The third-order valence-electron chi connectivity index (χ3n) is 4.62. The van der Waals surface area contributed by atoms with Crippen molar-refractivity contribution in [3.8, 4) is 5.75 Å². The Morgan fingerprint density at radius 1 is 1.25 bits per heavy atom. The second kappa shape index (κ2) is 8.67. The molecule has 3 aromatic rings. The number of amides is 1. The van der Waals surface area contributed by atoms with Crippen LogP contribution in [0.15, 0.2) is 53.7 Å². The van der Waals surface area contributed by atoms with Gasteiger partial charge in [0, 0.05) is 19.2 Å². The molecule has 1 aliphatic heterocycles. The van der Waals surface area contributed by atoms with Crippen LogP contribution in [-0.2, 0) is 9.53 Å². The second-order valence-corrected chi connectivity index (χ2v) is 7.59. The van der Waals surface area contributed by atoms with Gasteiger partial charge in [-0.3, -0.25) is 4.79 Å². The van der Waals surface area contributed by atoms with Gasteiger partial charge in [-0.2, -0.15) is 0 Å². The molecule has 0 aliphatic carbocycles. The highest BCUT2D eigenvalue weighted by Gasteiger charge is 2.29. The van der Waals surface area contributed by atoms with Crippen LogP contribution in [0, 0.1) is 0 Å². The molecule has 1 fully saturated rings. The van der Waals surface area contributed by atoms with Crippen molar-refractivity contribution in [3.05, 3.63) is 54.1 Å². The van der Waals surface area contributed by atoms with Gasteiger partial charge in [-0.1, -0.05) is 42.1 Å². The SMILES string of the molecule is CCOc1ccc2nc(S[C@H](C(=O)N3CCOCC3)c3ccccc3)[nH]c2c1. The lowest BCUT2D eigenvalue weighted by Gasteiger charge is -2.30. The molecule has 1 aromatic heterocycles. The molecule has 7 heteroatoms. The number of carbonyl (C=O) groups is 1. The van der Waals surface area contributed by atoms with E-state index in [2.05, 4.69) is 9.97 Å². The van der Waals surface area contributed by atoms with Crippen molar-refractivity contribution >= 4 is 28.7 Å². The molecule has 1 N–H and O–H groups in total. The van der Waals surface area contributed by atoms with Crippen LogP contribution in [0.4, 0.5) is 0 Å². The smallest absolute Gasteiger partial charge is 0.240 e. The van der Waals surface area contributed by atoms with Gasteiger partial charge >= 0.3 is 0 Å². The molecule has 1 atom stereocenters. The summed E-state index contributed by atoms with van der Waals surface area (Å²) in [5.41, 5.74) is 2.73. The number of morpholine rings is 1. The third kappa shape index (κ3) is 4.15. The maximum atomic E-state index is 13.2. The van der Waals surface area contributed by atoms with E-state index in [0.29, 0.717) is 32.9 Å². The second-order valence-electron chi connectivity index (χ2n) is 6.50. The molecule has 4 rings (SSSR count). The van der Waals surface area contributed by atoms with Crippen molar-refractivity contribution < 1.29 is 14.3 Å². The van der Waals surface area contributed by atoms with E-state index in [-0.39, 0.29) is 11.2 Å². The van der Waals surface area contributed by atoms with Gasteiger partial charge in [-0.05, 0) is 24.6 Å². The van der Waals surface area contributed by atoms with Crippen molar-refractivity contribution in [2.24, 2.45) is 0 Å². The summed E-state index contributed by atoms with van der Waals surface area (Å²) in [6.45, 7) is 5.00. The maximum Gasteiger partial charge on any atom is 0.240 e. The molecule has 0 spiro atoms. The molecular formula is C21H23N3O3S. The van der Waals surface area contributed by atoms with Gasteiger partial charge in [0.2, 0.25) is 5.91 Å². The Balaban J connectivity index is 1.61. The number of benzene rings is 2. The van der Waals surface area contributed by atoms with E-state index in [1.165, 1.54) is 11.8 Å². The number of hydrogen-bond donors (Lipinski definition) is 1. The molecule has 6 nitrogen and oxygen atoms in total. The fourth-order valence-corrected chi connectivity index (χ4v) is 4.31. The predicted octanol–water partition coefficient (Wildman–Crippen LogP) is 3.65. The molecule has 1 amide bonds. The summed E-state index contributed by atoms with van der Waals surface area (Å²) in [5, 5.41) is 0.366. The standard InChI is InChI=1S/C21H23N3O3S/c1-2-27-16-8-9-17-18(14-16)23-21(22-17)28-19(15-6-4-3-5-7-15)20(25)24-10-12-26-13-11-24/h3-9,14,19H,2,10-13H2,1H3,(H,22,23)/t19-/m0/s1. The lowest BCUT2D eigenvalue weighted by atomic mass is 10.1. The number of rotatable bonds is 6. The molecule has 0 unspecified atom stereocenters. The molecule has 0 saturated carbocycles. The van der Waals surface area contributed by atoms with Crippen LogP contribution in [0.1, 0.15) is 17.7 Å². The highest BCUT2D eigenvalue weighted by molar-refractivity contribution is 8.00. The average molecular weight is 398 g/mol. The first-order valence-corrected chi connectivity index (χ1v) is 10.3. The summed E-state index contributed by atoms with van der Waals surface area (Å²) in [5.74, 6) is 0.897. The number of aromatic nitrogens is 2. The fourth-order valence-electron chi connectivity index (χ4n) is 3.23. The minimum absolute atomic E-state index is 0.0926. The van der Waals surface area contributed by atoms with E-state index in [0.717, 1.165) is 27.5 Å². The number of hydrogen-bond acceptors (Lipinski definition) is 5. The summed E-state index contributed by atoms with van der Waals surface area (Å²) >= 11 is 1.45. The van der Waals surface area contributed by atoms with Crippen LogP contribution >= 0.6 is 11.8 Å². The van der Waals surface area contributed by atoms with Gasteiger partial charge in [0.25, 0.3) is 0 Å². The minimum Gasteiger partial charge on any atom is -0.494 e. The molecule has 1 aliphatic rings. The van der Waals surface area contributed by atoms with E-state index in [9.17, 15) is 4.79 Å². The van der Waals surface area contributed by atoms with Crippen molar-refractivity contribution in [2.45, 2.75) is 17.3 Å². The molecule has 2 heterocycles. The zero-order valence-electron chi connectivity index (χ0n) is 15.8. The van der Waals surface area contributed by atoms with Crippen molar-refractivity contribution in [3.63, 3.8) is 0 Å². The lowest BCUT2D eigenvalue weighted by Crippen LogP contribution is -2.42. The van der Waals surface area contributed by atoms with Gasteiger partial charge in [-0.15, -0.1) is 0 Å². The number of fused-ring (bicyclic) bond motifs is 1. The van der Waals surface area contributed by atoms with Crippen LogP contribution in [0.5, 0.6) is 5.75 Å². The lowest BCUT2D eigenvalue weighted by molar-refractivity contribution is -0.134. The third-order valence-corrected chi connectivity index (χ3v) is 5.75. The quantitative estimate of drug-likeness (QED) is 0.643. The Bertz CT molecular complexity index is 938. The van der Waals surface area contributed by atoms with Crippen LogP contribution in [0.2, 0.25) is 0 Å². The Morgan fingerprint density at radius 2 is 2.04 bits per heavy atom. The van der Waals surface area contributed by atoms with Crippen molar-refractivity contribution in [1.82, 2.24) is 14.9 Å². The van der Waals surface area contributed by atoms with Gasteiger partial charge in [0.05, 0.1) is 30.9 Å². The number of nitrogens with one attached hydrogen (secondary N) is 1. The van der Waals surface area contributed by atoms with Gasteiger partial charge < -0.3 is 19.4 Å². The maximum absolute atomic E-state index is 13.2. The number of ether oxygens (including phenoxy) is 2. The Kier molecular flexibility index (Phi) is 5.83. The zero-order valence-corrected chi connectivity index (χ0v) is 16.6. The van der Waals surface area contributed by atoms with Crippen molar-refractivity contribution in [2.75, 3.05) is 32.9 Å². The normalized spacial score (nSPS) is 15.5. The summed E-state index contributed by atoms with van der Waals surface area (Å²) in [4.78, 5) is 23.1. The highest BCUT2D eigenvalue weighted by atomic mass is 32.2. The number of thioether (sulfide) groups is 1. The molecular weight excluding hydrogens is 374 g/mol. The Hall–Kier alpha value is -2.51. The fraction of sp³-hybridized carbons (Fsp3) is 0.333. The van der Waals surface area contributed by atoms with E-state index in [1.54, 1.807) is 0 Å². The van der Waals surface area contributed by atoms with E-state index in [1.807, 2.05) is 60.4 Å². The van der Waals surface area contributed by atoms with Gasteiger partial charge in [0.15, 0.2) is 5.16 Å².